The van der Waals surface area contributed by atoms with Crippen molar-refractivity contribution in [1.82, 2.24) is 26.6 Å². The van der Waals surface area contributed by atoms with Crippen molar-refractivity contribution in [2.75, 3.05) is 86.4 Å². The first-order valence-corrected chi connectivity index (χ1v) is 47.5. The van der Waals surface area contributed by atoms with Gasteiger partial charge in [-0.3, -0.25) is 38.0 Å². The summed E-state index contributed by atoms with van der Waals surface area (Å²) in [7, 11) is -1.00. The van der Waals surface area contributed by atoms with E-state index in [-0.39, 0.29) is 76.6 Å². The largest absolute Gasteiger partial charge is 0.435 e. The number of amides is 5. The SMILES string of the molecule is CC(=O)NC(C)CO[C@@H]1OC(CO)[C@@H](O[C@@H]2OC(CO[C@]3(OC=O)C[C@@H](O)[C@@H](C)C([C@H](O)[C@H](O)CO)O3)[C@H](O)[C@H](O)C2O)[C@H](O)C1NC(C)=O.CC(=O)NC1[C@H](OCC(C)N)OC(CO)[C@@H](O)[C@@H]1O.CC(=O)NC1[C@H](OCC(C)N)OC(CO)[C@@H](O[C@@H]2OC(CC[C@]3(OC=O)C[C@@H](O)[C@@H](C)C([C@H](O)[C@H](O)CO)O3)[C@H](O)[C@H](O)C2O)[C@@H]1O.CC(=O)NC1[C@H](OCC(C)N)OC(CO)[C@@H](O[C@@H]2OC(CO)[C@H](O)[C@H](O)C2O)[C@@H]1O.[2H]CF. The molecule has 62 heteroatoms. The summed E-state index contributed by atoms with van der Waals surface area (Å²) in [6.45, 7) is 10.1. The molecule has 0 aromatic heterocycles. The molecule has 0 aliphatic carbocycles. The first kappa shape index (κ1) is 131. The topological polar surface area (TPSA) is 979 Å². The van der Waals surface area contributed by atoms with E-state index >= 15 is 0 Å². The zero-order chi connectivity index (χ0) is 113. The zero-order valence-corrected chi connectivity index (χ0v) is 83.3. The molecule has 51 atom stereocenters. The molecule has 148 heavy (non-hydrogen) atoms. The van der Waals surface area contributed by atoms with Crippen LogP contribution in [0.4, 0.5) is 4.39 Å². The molecule has 61 nitrogen and oxygen atoms in total. The fourth-order valence-electron chi connectivity index (χ4n) is 17.2. The van der Waals surface area contributed by atoms with Crippen molar-refractivity contribution < 1.29 is 267 Å². The van der Waals surface area contributed by atoms with E-state index in [1.165, 1.54) is 41.5 Å². The summed E-state index contributed by atoms with van der Waals surface area (Å²) < 4.78 is 121. The summed E-state index contributed by atoms with van der Waals surface area (Å²) >= 11 is 0. The van der Waals surface area contributed by atoms with Crippen LogP contribution >= 0.6 is 0 Å². The van der Waals surface area contributed by atoms with E-state index in [0.29, 0.717) is 0 Å². The average Bonchev–Trinajstić information content (AvgIpc) is 0.772. The lowest BCUT2D eigenvalue weighted by atomic mass is 9.82. The van der Waals surface area contributed by atoms with Gasteiger partial charge in [-0.25, -0.2) is 0 Å². The first-order chi connectivity index (χ1) is 69.9. The highest BCUT2D eigenvalue weighted by Gasteiger charge is 2.60. The Morgan fingerprint density at radius 2 is 0.696 bits per heavy atom. The van der Waals surface area contributed by atoms with E-state index in [1.54, 1.807) is 27.7 Å². The quantitative estimate of drug-likeness (QED) is 0.0199. The Morgan fingerprint density at radius 3 is 1.03 bits per heavy atom. The number of halogens is 1. The predicted octanol–water partition coefficient (Wildman–Crippen LogP) is -19.1. The van der Waals surface area contributed by atoms with Crippen LogP contribution in [-0.2, 0) is 124 Å². The summed E-state index contributed by atoms with van der Waals surface area (Å²) in [6, 6.07) is -6.13. The summed E-state index contributed by atoms with van der Waals surface area (Å²) in [5.74, 6) is -8.36. The molecule has 9 heterocycles. The molecule has 0 spiro atoms. The number of hydrogen-bond acceptors (Lipinski definition) is 56. The van der Waals surface area contributed by atoms with Crippen LogP contribution in [0.5, 0.6) is 0 Å². The lowest BCUT2D eigenvalue weighted by molar-refractivity contribution is -0.423. The second-order valence-corrected chi connectivity index (χ2v) is 37.4. The van der Waals surface area contributed by atoms with Crippen LogP contribution in [0.3, 0.4) is 0 Å². The molecule has 866 valence electrons. The van der Waals surface area contributed by atoms with Crippen molar-refractivity contribution >= 4 is 42.5 Å². The number of hydrogen-bond donors (Lipinski definition) is 35. The van der Waals surface area contributed by atoms with Crippen molar-refractivity contribution in [3.63, 3.8) is 0 Å². The second-order valence-electron chi connectivity index (χ2n) is 37.4. The molecule has 9 aliphatic heterocycles. The van der Waals surface area contributed by atoms with Crippen LogP contribution in [0.2, 0.25) is 0 Å². The van der Waals surface area contributed by atoms with Gasteiger partial charge in [0.2, 0.25) is 35.3 Å². The molecule has 0 saturated carbocycles. The highest BCUT2D eigenvalue weighted by molar-refractivity contribution is 5.75. The number of rotatable bonds is 44. The molecular formula is C86H157FN8O53. The van der Waals surface area contributed by atoms with Gasteiger partial charge in [0.1, 0.15) is 189 Å². The van der Waals surface area contributed by atoms with Gasteiger partial charge in [0.05, 0.1) is 125 Å². The van der Waals surface area contributed by atoms with Gasteiger partial charge >= 0.3 is 5.97 Å². The minimum absolute atomic E-state index is 0.0238. The van der Waals surface area contributed by atoms with Crippen LogP contribution in [0.25, 0.3) is 0 Å². The fraction of sp³-hybridized carbons (Fsp3) is 0.919. The maximum absolute atomic E-state index is 12.0. The molecule has 9 saturated heterocycles. The molecule has 0 bridgehead atoms. The zero-order valence-electron chi connectivity index (χ0n) is 84.3. The number of carbonyl (C=O) groups excluding carboxylic acids is 7. The number of carbonyl (C=O) groups is 7. The summed E-state index contributed by atoms with van der Waals surface area (Å²) in [5.41, 5.74) is 17.0. The van der Waals surface area contributed by atoms with Gasteiger partial charge in [0.25, 0.3) is 12.9 Å². The maximum atomic E-state index is 12.0. The Hall–Kier alpha value is -5.66. The molecule has 20 unspecified atom stereocenters. The Balaban J connectivity index is 0.000000364. The van der Waals surface area contributed by atoms with Crippen LogP contribution in [0.1, 0.15) is 103 Å². The highest BCUT2D eigenvalue weighted by atomic mass is 19.1. The van der Waals surface area contributed by atoms with Crippen LogP contribution in [0, 0.1) is 11.8 Å². The summed E-state index contributed by atoms with van der Waals surface area (Å²) in [5, 5.41) is 289. The fourth-order valence-corrected chi connectivity index (χ4v) is 17.2. The lowest BCUT2D eigenvalue weighted by Crippen LogP contribution is -2.68. The van der Waals surface area contributed by atoms with Gasteiger partial charge in [-0.2, -0.15) is 0 Å². The van der Waals surface area contributed by atoms with E-state index in [1.807, 2.05) is 0 Å². The highest BCUT2D eigenvalue weighted by Crippen LogP contribution is 2.43. The van der Waals surface area contributed by atoms with Crippen LogP contribution < -0.4 is 43.8 Å². The molecule has 5 amide bonds. The Labute approximate surface area is 850 Å². The molecule has 0 aromatic carbocycles. The number of nitrogens with two attached hydrogens (primary N) is 3. The number of ether oxygens (including phenoxy) is 19. The van der Waals surface area contributed by atoms with E-state index in [9.17, 15) is 171 Å². The predicted molar refractivity (Wildman–Crippen MR) is 483 cm³/mol. The molecule has 38 N–H and O–H groups in total. The Kier molecular flexibility index (Phi) is 55.7. The van der Waals surface area contributed by atoms with Crippen molar-refractivity contribution in [3.8, 4) is 0 Å². The minimum atomic E-state index is -2.43. The molecule has 9 aliphatic rings. The van der Waals surface area contributed by atoms with Crippen LogP contribution in [-0.4, -0.2) is 566 Å². The summed E-state index contributed by atoms with van der Waals surface area (Å²) in [4.78, 5) is 80.9. The van der Waals surface area contributed by atoms with E-state index in [4.69, 9.17) is 114 Å². The third-order valence-corrected chi connectivity index (χ3v) is 25.0. The van der Waals surface area contributed by atoms with Crippen LogP contribution in [0.15, 0.2) is 0 Å². The van der Waals surface area contributed by atoms with Gasteiger partial charge in [0.15, 0.2) is 44.0 Å². The third-order valence-electron chi connectivity index (χ3n) is 25.0. The van der Waals surface area contributed by atoms with Gasteiger partial charge in [0, 0.05) is 83.5 Å². The van der Waals surface area contributed by atoms with Crippen molar-refractivity contribution in [1.29, 1.82) is 0 Å². The average molecular weight is 2170 g/mol. The molecule has 9 fully saturated rings. The number of nitrogens with one attached hydrogen (secondary N) is 5. The van der Waals surface area contributed by atoms with E-state index < -0.39 is 389 Å². The molecule has 0 radical (unpaired) electrons. The first-order valence-electron chi connectivity index (χ1n) is 48.2. The molecule has 9 rings (SSSR count). The number of aliphatic hydroxyl groups excluding tert-OH is 27. The van der Waals surface area contributed by atoms with Crippen molar-refractivity contribution in [3.05, 3.63) is 0 Å². The smallest absolute Gasteiger partial charge is 0.332 e. The minimum Gasteiger partial charge on any atom is -0.435 e. The monoisotopic (exact) mass is 2170 g/mol. The van der Waals surface area contributed by atoms with E-state index in [2.05, 4.69) is 26.6 Å². The van der Waals surface area contributed by atoms with Gasteiger partial charge < -0.3 is 272 Å². The Bertz CT molecular complexity index is 3880. The molecular weight excluding hydrogens is 2010 g/mol. The maximum Gasteiger partial charge on any atom is 0.332 e. The normalized spacial score (nSPS) is 41.1. The van der Waals surface area contributed by atoms with Gasteiger partial charge in [-0.1, -0.05) is 13.8 Å². The Morgan fingerprint density at radius 1 is 0.399 bits per heavy atom. The molecule has 0 aromatic rings. The second kappa shape index (κ2) is 62.9. The third kappa shape index (κ3) is 36.7. The lowest BCUT2D eigenvalue weighted by Gasteiger charge is -2.48. The van der Waals surface area contributed by atoms with Crippen molar-refractivity contribution in [2.24, 2.45) is 29.0 Å². The van der Waals surface area contributed by atoms with Gasteiger partial charge in [-0.15, -0.1) is 0 Å². The van der Waals surface area contributed by atoms with Crippen molar-refractivity contribution in [2.45, 2.75) is 401 Å². The number of aliphatic hydroxyl groups is 27. The van der Waals surface area contributed by atoms with Gasteiger partial charge in [-0.05, 0) is 34.1 Å². The summed E-state index contributed by atoms with van der Waals surface area (Å²) in [6.07, 6.45) is -60.4. The van der Waals surface area contributed by atoms with E-state index in [0.717, 1.165) is 6.92 Å². The standard InChI is InChI=1S/C29H50N2O19.C28H50N2O17.C17H32N2O11.C11H22N2O6.CH3F/c1-11(30-13(3)35)8-44-27-19(31-14(4)36)22(41)26(17(7-33)47-27)49-28-24(43)23(42)21(40)18(48-28)9-45-29(46-10-34)5-15(37)12(2)25(50-29)20(39)16(38)6-32;1-11(29)9-42-26-18(30-13(3)34)21(39)25(17(8-32)45-26)46-27-23(41)22(40)20(38)16(44-27)4-5-28(43-10-33)6-14(35)12(2)24(47-28)19(37)15(36)7-31;1-6(18)5-27-16-10(19-7(2)22)12(24)15(9(4-21)29-16)30-17-14(26)13(25)11(23)8(3-20)28-17;1-5(12)4-18-11-8(13-6(2)15)10(17)9(16)7(3-14)19-11;1-2/h10-12,15-28,32-33,37-43H,5-9H2,1-4H3,(H,30,35)(H,31,36);10-12,14-27,31-32,35-41H,4-9,29H2,1-3H3,(H,30,34);6,8-17,20-21,23-26H,3-5,18H2,1-2H3,(H,19,22);5,7-11,14,16-17H,3-4,12H2,1-2H3,(H,13,15);1H3/t11?,12-,15-,16-,17?,18?,19?,20-,21+,22-,23+,24?,25?,26-,27-,28+,29+;11?,12-,14-,15-,16?,17?,18?,19-,20+,21-,22+,23?,24?,25-,26-,27+,28-;6?,8?,9?,10?,11-,12+,13-,14?,15+,16+,17-;5?,7?,8?,9-,10-,11-;/m1101./s1/i;;;;1D. The number of alkyl halides is 1.